The van der Waals surface area contributed by atoms with E-state index in [4.69, 9.17) is 14.6 Å². The van der Waals surface area contributed by atoms with Crippen molar-refractivity contribution in [3.05, 3.63) is 29.8 Å². The summed E-state index contributed by atoms with van der Waals surface area (Å²) in [6, 6.07) is 6.94. The first-order chi connectivity index (χ1) is 12.7. The van der Waals surface area contributed by atoms with Crippen molar-refractivity contribution in [2.75, 3.05) is 37.7 Å². The van der Waals surface area contributed by atoms with Crippen molar-refractivity contribution in [2.24, 2.45) is 0 Å². The molecule has 1 spiro atoms. The second kappa shape index (κ2) is 7.38. The molecule has 0 aliphatic carbocycles. The van der Waals surface area contributed by atoms with Crippen LogP contribution in [0.5, 0.6) is 0 Å². The molecule has 2 saturated heterocycles. The van der Waals surface area contributed by atoms with Gasteiger partial charge in [0.15, 0.2) is 0 Å². The van der Waals surface area contributed by atoms with Crippen LogP contribution in [-0.2, 0) is 9.47 Å². The van der Waals surface area contributed by atoms with E-state index in [9.17, 15) is 9.59 Å². The maximum Gasteiger partial charge on any atom is 0.410 e. The highest BCUT2D eigenvalue weighted by molar-refractivity contribution is 5.88. The smallest absolute Gasteiger partial charge is 0.410 e. The number of morpholine rings is 1. The van der Waals surface area contributed by atoms with Gasteiger partial charge < -0.3 is 24.4 Å². The zero-order valence-electron chi connectivity index (χ0n) is 16.2. The van der Waals surface area contributed by atoms with Gasteiger partial charge >= 0.3 is 12.1 Å². The number of anilines is 1. The second-order valence-electron chi connectivity index (χ2n) is 8.27. The molecular formula is C20H28N2O5. The van der Waals surface area contributed by atoms with Crippen molar-refractivity contribution < 1.29 is 24.2 Å². The van der Waals surface area contributed by atoms with E-state index in [0.29, 0.717) is 19.7 Å². The van der Waals surface area contributed by atoms with Gasteiger partial charge in [0.25, 0.3) is 0 Å². The molecule has 3 rings (SSSR count). The van der Waals surface area contributed by atoms with Crippen LogP contribution in [0.2, 0.25) is 0 Å². The number of nitrogens with zero attached hydrogens (tertiary/aromatic N) is 2. The SMILES string of the molecule is CC(C)(C)OC(=O)N1CCOC2(CCN(c3ccc(C(=O)O)cc3)CC2)C1. The summed E-state index contributed by atoms with van der Waals surface area (Å²) in [6.07, 6.45) is 1.34. The van der Waals surface area contributed by atoms with Crippen LogP contribution in [0.4, 0.5) is 10.5 Å². The molecular weight excluding hydrogens is 348 g/mol. The number of carboxylic acid groups (broad SMARTS) is 1. The normalized spacial score (nSPS) is 19.8. The van der Waals surface area contributed by atoms with Crippen molar-refractivity contribution in [3.8, 4) is 0 Å². The minimum absolute atomic E-state index is 0.281. The average Bonchev–Trinajstić information content (AvgIpc) is 2.61. The highest BCUT2D eigenvalue weighted by Gasteiger charge is 2.42. The first-order valence-corrected chi connectivity index (χ1v) is 9.38. The first kappa shape index (κ1) is 19.5. The Morgan fingerprint density at radius 3 is 2.30 bits per heavy atom. The number of carbonyl (C=O) groups excluding carboxylic acids is 1. The Kier molecular flexibility index (Phi) is 5.33. The molecule has 2 fully saturated rings. The molecule has 7 nitrogen and oxygen atoms in total. The Morgan fingerprint density at radius 2 is 1.74 bits per heavy atom. The maximum atomic E-state index is 12.4. The Bertz CT molecular complexity index is 687. The molecule has 0 saturated carbocycles. The number of benzene rings is 1. The van der Waals surface area contributed by atoms with E-state index in [1.165, 1.54) is 0 Å². The van der Waals surface area contributed by atoms with Crippen molar-refractivity contribution in [3.63, 3.8) is 0 Å². The third-order valence-electron chi connectivity index (χ3n) is 5.05. The van der Waals surface area contributed by atoms with Gasteiger partial charge in [-0.15, -0.1) is 0 Å². The number of ether oxygens (including phenoxy) is 2. The number of amides is 1. The Morgan fingerprint density at radius 1 is 1.11 bits per heavy atom. The Hall–Kier alpha value is -2.28. The molecule has 2 aliphatic rings. The lowest BCUT2D eigenvalue weighted by Crippen LogP contribution is -2.58. The third kappa shape index (κ3) is 4.71. The largest absolute Gasteiger partial charge is 0.478 e. The van der Waals surface area contributed by atoms with Crippen LogP contribution >= 0.6 is 0 Å². The molecule has 7 heteroatoms. The third-order valence-corrected chi connectivity index (χ3v) is 5.05. The summed E-state index contributed by atoms with van der Waals surface area (Å²) in [5.74, 6) is -0.919. The highest BCUT2D eigenvalue weighted by atomic mass is 16.6. The number of aromatic carboxylic acids is 1. The van der Waals surface area contributed by atoms with Gasteiger partial charge in [0.1, 0.15) is 5.60 Å². The molecule has 2 aliphatic heterocycles. The van der Waals surface area contributed by atoms with E-state index >= 15 is 0 Å². The summed E-state index contributed by atoms with van der Waals surface area (Å²) in [7, 11) is 0. The molecule has 1 amide bonds. The minimum atomic E-state index is -0.919. The van der Waals surface area contributed by atoms with Gasteiger partial charge in [-0.2, -0.15) is 0 Å². The fourth-order valence-corrected chi connectivity index (χ4v) is 3.62. The molecule has 27 heavy (non-hydrogen) atoms. The Balaban J connectivity index is 1.60. The van der Waals surface area contributed by atoms with E-state index in [2.05, 4.69) is 4.90 Å². The van der Waals surface area contributed by atoms with Crippen molar-refractivity contribution in [1.82, 2.24) is 4.90 Å². The number of hydrogen-bond acceptors (Lipinski definition) is 5. The number of piperidine rings is 1. The zero-order valence-corrected chi connectivity index (χ0v) is 16.2. The quantitative estimate of drug-likeness (QED) is 0.855. The monoisotopic (exact) mass is 376 g/mol. The molecule has 0 atom stereocenters. The van der Waals surface area contributed by atoms with Gasteiger partial charge in [-0.3, -0.25) is 0 Å². The molecule has 0 unspecified atom stereocenters. The van der Waals surface area contributed by atoms with Crippen molar-refractivity contribution >= 4 is 17.7 Å². The lowest BCUT2D eigenvalue weighted by Gasteiger charge is -2.47. The fraction of sp³-hybridized carbons (Fsp3) is 0.600. The number of carboxylic acids is 1. The van der Waals surface area contributed by atoms with Crippen LogP contribution in [0.25, 0.3) is 0 Å². The molecule has 1 N–H and O–H groups in total. The van der Waals surface area contributed by atoms with Crippen molar-refractivity contribution in [2.45, 2.75) is 44.8 Å². The number of hydrogen-bond donors (Lipinski definition) is 1. The molecule has 1 aromatic rings. The van der Waals surface area contributed by atoms with E-state index in [-0.39, 0.29) is 17.3 Å². The summed E-state index contributed by atoms with van der Waals surface area (Å²) in [4.78, 5) is 27.4. The van der Waals surface area contributed by atoms with Gasteiger partial charge in [0.05, 0.1) is 24.3 Å². The predicted octanol–water partition coefficient (Wildman–Crippen LogP) is 2.99. The topological polar surface area (TPSA) is 79.3 Å². The number of carbonyl (C=O) groups is 2. The fourth-order valence-electron chi connectivity index (χ4n) is 3.62. The molecule has 1 aromatic carbocycles. The van der Waals surface area contributed by atoms with Crippen LogP contribution in [-0.4, -0.2) is 66.1 Å². The van der Waals surface area contributed by atoms with Crippen LogP contribution in [0.3, 0.4) is 0 Å². The lowest BCUT2D eigenvalue weighted by molar-refractivity contribution is -0.119. The van der Waals surface area contributed by atoms with Crippen LogP contribution in [0.1, 0.15) is 44.0 Å². The highest BCUT2D eigenvalue weighted by Crippen LogP contribution is 2.32. The van der Waals surface area contributed by atoms with Gasteiger partial charge in [-0.25, -0.2) is 9.59 Å². The zero-order chi connectivity index (χ0) is 19.7. The van der Waals surface area contributed by atoms with Gasteiger partial charge in [-0.1, -0.05) is 0 Å². The molecule has 0 radical (unpaired) electrons. The Labute approximate surface area is 159 Å². The van der Waals surface area contributed by atoms with Gasteiger partial charge in [-0.05, 0) is 57.9 Å². The van der Waals surface area contributed by atoms with Gasteiger partial charge in [0.2, 0.25) is 0 Å². The van der Waals surface area contributed by atoms with Crippen LogP contribution in [0, 0.1) is 0 Å². The summed E-state index contributed by atoms with van der Waals surface area (Å²) >= 11 is 0. The maximum absolute atomic E-state index is 12.4. The van der Waals surface area contributed by atoms with Gasteiger partial charge in [0, 0.05) is 25.3 Å². The summed E-state index contributed by atoms with van der Waals surface area (Å²) in [5.41, 5.74) is 0.464. The van der Waals surface area contributed by atoms with E-state index < -0.39 is 11.6 Å². The van der Waals surface area contributed by atoms with Crippen LogP contribution in [0.15, 0.2) is 24.3 Å². The standard InChI is InChI=1S/C20H28N2O5/c1-19(2,3)27-18(25)22-12-13-26-20(14-22)8-10-21(11-9-20)16-6-4-15(5-7-16)17(23)24/h4-7H,8-14H2,1-3H3,(H,23,24). The summed E-state index contributed by atoms with van der Waals surface area (Å²) in [6.45, 7) is 8.83. The number of rotatable bonds is 2. The molecule has 2 heterocycles. The summed E-state index contributed by atoms with van der Waals surface area (Å²) in [5, 5.41) is 9.02. The first-order valence-electron chi connectivity index (χ1n) is 9.38. The van der Waals surface area contributed by atoms with E-state index in [0.717, 1.165) is 31.6 Å². The van der Waals surface area contributed by atoms with Crippen molar-refractivity contribution in [1.29, 1.82) is 0 Å². The summed E-state index contributed by atoms with van der Waals surface area (Å²) < 4.78 is 11.6. The lowest BCUT2D eigenvalue weighted by atomic mass is 9.89. The van der Waals surface area contributed by atoms with E-state index in [1.807, 2.05) is 32.9 Å². The minimum Gasteiger partial charge on any atom is -0.478 e. The molecule has 0 aromatic heterocycles. The van der Waals surface area contributed by atoms with Crippen LogP contribution < -0.4 is 4.90 Å². The predicted molar refractivity (Wildman–Crippen MR) is 101 cm³/mol. The second-order valence-corrected chi connectivity index (χ2v) is 8.27. The average molecular weight is 376 g/mol. The van der Waals surface area contributed by atoms with E-state index in [1.54, 1.807) is 17.0 Å². The molecule has 148 valence electrons. The molecule has 0 bridgehead atoms.